The van der Waals surface area contributed by atoms with Crippen molar-refractivity contribution in [3.63, 3.8) is 0 Å². The van der Waals surface area contributed by atoms with Gasteiger partial charge in [0.15, 0.2) is 0 Å². The molecule has 1 unspecified atom stereocenters. The van der Waals surface area contributed by atoms with E-state index in [4.69, 9.17) is 0 Å². The summed E-state index contributed by atoms with van der Waals surface area (Å²) in [5, 5.41) is 1.93. The molecule has 0 aliphatic carbocycles. The number of nitrogens with zero attached hydrogens (tertiary/aromatic N) is 3. The van der Waals surface area contributed by atoms with Gasteiger partial charge in [-0.3, -0.25) is 14.5 Å². The molecule has 2 aliphatic heterocycles. The predicted octanol–water partition coefficient (Wildman–Crippen LogP) is 2.62. The molecule has 2 fully saturated rings. The zero-order valence-corrected chi connectivity index (χ0v) is 16.5. The zero-order chi connectivity index (χ0) is 18.8. The van der Waals surface area contributed by atoms with E-state index in [9.17, 15) is 9.59 Å². The topological polar surface area (TPSA) is 43.9 Å². The van der Waals surface area contributed by atoms with Gasteiger partial charge in [0.05, 0.1) is 10.9 Å². The van der Waals surface area contributed by atoms with Crippen LogP contribution in [0.5, 0.6) is 0 Å². The van der Waals surface area contributed by atoms with Gasteiger partial charge in [-0.1, -0.05) is 35.9 Å². The van der Waals surface area contributed by atoms with Gasteiger partial charge in [-0.15, -0.1) is 11.3 Å². The first kappa shape index (κ1) is 18.2. The van der Waals surface area contributed by atoms with Crippen molar-refractivity contribution in [3.05, 3.63) is 57.8 Å². The molecule has 5 nitrogen and oxygen atoms in total. The average molecular weight is 384 g/mol. The molecule has 27 heavy (non-hydrogen) atoms. The number of hydrogen-bond donors (Lipinski definition) is 0. The van der Waals surface area contributed by atoms with E-state index in [1.54, 1.807) is 0 Å². The van der Waals surface area contributed by atoms with E-state index in [-0.39, 0.29) is 17.9 Å². The average Bonchev–Trinajstić information content (AvgIpc) is 3.11. The Bertz CT molecular complexity index is 821. The fourth-order valence-electron chi connectivity index (χ4n) is 4.04. The van der Waals surface area contributed by atoms with Crippen molar-refractivity contribution in [2.75, 3.05) is 32.7 Å². The lowest BCUT2D eigenvalue weighted by atomic mass is 10.1. The number of hydrogen-bond acceptors (Lipinski definition) is 4. The molecule has 142 valence electrons. The summed E-state index contributed by atoms with van der Waals surface area (Å²) in [6, 6.07) is 12.0. The van der Waals surface area contributed by atoms with Crippen molar-refractivity contribution >= 4 is 23.2 Å². The summed E-state index contributed by atoms with van der Waals surface area (Å²) in [6.45, 7) is 6.48. The van der Waals surface area contributed by atoms with Crippen LogP contribution in [-0.2, 0) is 11.3 Å². The molecule has 3 heterocycles. The normalized spacial score (nSPS) is 21.1. The molecule has 2 amide bonds. The van der Waals surface area contributed by atoms with E-state index < -0.39 is 0 Å². The predicted molar refractivity (Wildman–Crippen MR) is 107 cm³/mol. The van der Waals surface area contributed by atoms with Crippen LogP contribution in [0.1, 0.15) is 27.2 Å². The fraction of sp³-hybridized carbons (Fsp3) is 0.429. The van der Waals surface area contributed by atoms with Gasteiger partial charge < -0.3 is 9.80 Å². The van der Waals surface area contributed by atoms with E-state index in [1.807, 2.05) is 33.4 Å². The molecule has 0 bridgehead atoms. The van der Waals surface area contributed by atoms with Gasteiger partial charge in [-0.2, -0.15) is 0 Å². The highest BCUT2D eigenvalue weighted by molar-refractivity contribution is 7.12. The number of benzene rings is 1. The molecule has 2 saturated heterocycles. The first-order valence-electron chi connectivity index (χ1n) is 9.53. The second-order valence-electron chi connectivity index (χ2n) is 7.36. The molecule has 2 aliphatic rings. The summed E-state index contributed by atoms with van der Waals surface area (Å²) < 4.78 is 0. The van der Waals surface area contributed by atoms with Crippen molar-refractivity contribution < 1.29 is 9.59 Å². The van der Waals surface area contributed by atoms with Gasteiger partial charge in [0.25, 0.3) is 5.91 Å². The lowest BCUT2D eigenvalue weighted by Crippen LogP contribution is -2.56. The van der Waals surface area contributed by atoms with Gasteiger partial charge in [-0.05, 0) is 30.4 Å². The maximum absolute atomic E-state index is 13.1. The van der Waals surface area contributed by atoms with Crippen molar-refractivity contribution in [1.29, 1.82) is 0 Å². The Labute approximate surface area is 164 Å². The van der Waals surface area contributed by atoms with Gasteiger partial charge in [0, 0.05) is 39.3 Å². The number of carbonyl (C=O) groups excluding carboxylic acids is 2. The minimum atomic E-state index is -0.107. The molecule has 0 spiro atoms. The van der Waals surface area contributed by atoms with Crippen LogP contribution >= 0.6 is 11.3 Å². The molecule has 0 radical (unpaired) electrons. The van der Waals surface area contributed by atoms with E-state index in [1.165, 1.54) is 22.5 Å². The number of piperazine rings is 1. The van der Waals surface area contributed by atoms with Crippen LogP contribution < -0.4 is 0 Å². The summed E-state index contributed by atoms with van der Waals surface area (Å²) in [5.41, 5.74) is 2.40. The van der Waals surface area contributed by atoms with Crippen LogP contribution in [0.2, 0.25) is 0 Å². The van der Waals surface area contributed by atoms with Crippen LogP contribution in [0.3, 0.4) is 0 Å². The highest BCUT2D eigenvalue weighted by Gasteiger charge is 2.37. The number of aryl methyl sites for hydroxylation is 1. The van der Waals surface area contributed by atoms with Crippen LogP contribution in [0, 0.1) is 6.92 Å². The third-order valence-corrected chi connectivity index (χ3v) is 6.36. The van der Waals surface area contributed by atoms with Crippen molar-refractivity contribution in [1.82, 2.24) is 14.7 Å². The molecular weight excluding hydrogens is 358 g/mol. The lowest BCUT2D eigenvalue weighted by molar-refractivity contribution is -0.142. The van der Waals surface area contributed by atoms with Gasteiger partial charge in [0.1, 0.15) is 0 Å². The minimum absolute atomic E-state index is 0.0916. The van der Waals surface area contributed by atoms with Gasteiger partial charge in [0.2, 0.25) is 5.91 Å². The van der Waals surface area contributed by atoms with E-state index in [2.05, 4.69) is 30.0 Å². The Morgan fingerprint density at radius 1 is 1.11 bits per heavy atom. The molecule has 0 N–H and O–H groups in total. The summed E-state index contributed by atoms with van der Waals surface area (Å²) in [7, 11) is 0. The maximum atomic E-state index is 13.1. The molecule has 0 saturated carbocycles. The molecule has 6 heteroatoms. The highest BCUT2D eigenvalue weighted by atomic mass is 32.1. The summed E-state index contributed by atoms with van der Waals surface area (Å²) >= 11 is 1.48. The van der Waals surface area contributed by atoms with Gasteiger partial charge >= 0.3 is 0 Å². The SMILES string of the molecule is Cc1cccc(CN2CCN3CCN(C(=O)c4cccs4)CCC3C2=O)c1. The van der Waals surface area contributed by atoms with Gasteiger partial charge in [-0.25, -0.2) is 0 Å². The minimum Gasteiger partial charge on any atom is -0.337 e. The van der Waals surface area contributed by atoms with E-state index in [0.717, 1.165) is 24.5 Å². The number of rotatable bonds is 3. The highest BCUT2D eigenvalue weighted by Crippen LogP contribution is 2.22. The summed E-state index contributed by atoms with van der Waals surface area (Å²) in [4.78, 5) is 32.7. The monoisotopic (exact) mass is 383 g/mol. The third kappa shape index (κ3) is 3.92. The Morgan fingerprint density at radius 3 is 2.74 bits per heavy atom. The number of amides is 2. The maximum Gasteiger partial charge on any atom is 0.263 e. The van der Waals surface area contributed by atoms with E-state index >= 15 is 0 Å². The van der Waals surface area contributed by atoms with Crippen molar-refractivity contribution in [3.8, 4) is 0 Å². The molecule has 1 aromatic heterocycles. The van der Waals surface area contributed by atoms with Crippen LogP contribution in [-0.4, -0.2) is 65.3 Å². The smallest absolute Gasteiger partial charge is 0.263 e. The first-order chi connectivity index (χ1) is 13.1. The van der Waals surface area contributed by atoms with Crippen LogP contribution in [0.15, 0.2) is 41.8 Å². The zero-order valence-electron chi connectivity index (χ0n) is 15.6. The van der Waals surface area contributed by atoms with Crippen LogP contribution in [0.4, 0.5) is 0 Å². The lowest BCUT2D eigenvalue weighted by Gasteiger charge is -2.39. The second-order valence-corrected chi connectivity index (χ2v) is 8.31. The molecule has 1 aromatic carbocycles. The summed E-state index contributed by atoms with van der Waals surface area (Å²) in [5.74, 6) is 0.294. The van der Waals surface area contributed by atoms with E-state index in [0.29, 0.717) is 26.1 Å². The van der Waals surface area contributed by atoms with Crippen molar-refractivity contribution in [2.45, 2.75) is 25.9 Å². The number of thiophene rings is 1. The Kier molecular flexibility index (Phi) is 5.27. The Balaban J connectivity index is 1.42. The second kappa shape index (κ2) is 7.82. The largest absolute Gasteiger partial charge is 0.337 e. The quantitative estimate of drug-likeness (QED) is 0.818. The summed E-state index contributed by atoms with van der Waals surface area (Å²) in [6.07, 6.45) is 0.709. The number of fused-ring (bicyclic) bond motifs is 1. The molecule has 1 atom stereocenters. The molecule has 4 rings (SSSR count). The van der Waals surface area contributed by atoms with Crippen molar-refractivity contribution in [2.24, 2.45) is 0 Å². The first-order valence-corrected chi connectivity index (χ1v) is 10.4. The standard InChI is InChI=1S/C21H25N3O2S/c1-16-4-2-5-17(14-16)15-24-12-10-22-9-11-23(8-7-18(22)20(24)25)21(26)19-6-3-13-27-19/h2-6,13-14,18H,7-12,15H2,1H3. The number of carbonyl (C=O) groups is 2. The molecule has 2 aromatic rings. The fourth-order valence-corrected chi connectivity index (χ4v) is 4.73. The van der Waals surface area contributed by atoms with Crippen LogP contribution in [0.25, 0.3) is 0 Å². The Hall–Kier alpha value is -2.18. The third-order valence-electron chi connectivity index (χ3n) is 5.50. The Morgan fingerprint density at radius 2 is 1.96 bits per heavy atom. The molecular formula is C21H25N3O2S.